The molecule has 0 saturated heterocycles. The topological polar surface area (TPSA) is 105 Å². The molecule has 0 rings (SSSR count). The molecule has 0 aromatic rings. The second-order valence-electron chi connectivity index (χ2n) is 7.37. The Bertz CT molecular complexity index is 369. The van der Waals surface area contributed by atoms with Crippen LogP contribution in [0, 0.1) is 0 Å². The summed E-state index contributed by atoms with van der Waals surface area (Å²) in [5.74, 6) is 0. The van der Waals surface area contributed by atoms with Crippen molar-refractivity contribution in [2.24, 2.45) is 11.5 Å². The minimum Gasteiger partial charge on any atom is -0.465 e. The number of unbranched alkanes of at least 4 members (excludes halogenated alkanes) is 1. The molecule has 6 nitrogen and oxygen atoms in total. The van der Waals surface area contributed by atoms with Gasteiger partial charge in [-0.3, -0.25) is 0 Å². The van der Waals surface area contributed by atoms with Crippen LogP contribution in [0.15, 0.2) is 0 Å². The highest BCUT2D eigenvalue weighted by Crippen LogP contribution is 2.17. The number of carboxylic acid groups (broad SMARTS) is 1. The standard InChI is InChI=1S/C19H42N4O2.3ClH/c1-5-18(20,6-2)11-14-22-13-9-10-15-23(17(24)25)16-12-19(21,7-3)8-4;;;/h22H,5-16,20-21H2,1-4H3,(H,24,25);3*1H. The quantitative estimate of drug-likeness (QED) is 0.267. The maximum atomic E-state index is 11.4. The lowest BCUT2D eigenvalue weighted by Crippen LogP contribution is -2.43. The lowest BCUT2D eigenvalue weighted by molar-refractivity contribution is 0.138. The van der Waals surface area contributed by atoms with Crippen LogP contribution in [0.5, 0.6) is 0 Å². The zero-order valence-electron chi connectivity index (χ0n) is 18.2. The van der Waals surface area contributed by atoms with E-state index < -0.39 is 6.09 Å². The molecule has 1 amide bonds. The van der Waals surface area contributed by atoms with Gasteiger partial charge in [0, 0.05) is 24.2 Å². The van der Waals surface area contributed by atoms with Crippen LogP contribution in [0.2, 0.25) is 0 Å². The first kappa shape index (κ1) is 35.5. The van der Waals surface area contributed by atoms with E-state index in [9.17, 15) is 9.90 Å². The minimum absolute atomic E-state index is 0. The lowest BCUT2D eigenvalue weighted by atomic mass is 9.90. The van der Waals surface area contributed by atoms with Gasteiger partial charge in [-0.1, -0.05) is 27.7 Å². The predicted octanol–water partition coefficient (Wildman–Crippen LogP) is 4.42. The maximum Gasteiger partial charge on any atom is 0.407 e. The van der Waals surface area contributed by atoms with E-state index >= 15 is 0 Å². The summed E-state index contributed by atoms with van der Waals surface area (Å²) in [4.78, 5) is 12.9. The van der Waals surface area contributed by atoms with Crippen molar-refractivity contribution in [1.82, 2.24) is 10.2 Å². The van der Waals surface area contributed by atoms with E-state index in [2.05, 4.69) is 33.0 Å². The highest BCUT2D eigenvalue weighted by Gasteiger charge is 2.22. The van der Waals surface area contributed by atoms with Gasteiger partial charge in [0.05, 0.1) is 0 Å². The van der Waals surface area contributed by atoms with Crippen molar-refractivity contribution in [1.29, 1.82) is 0 Å². The average molecular weight is 468 g/mol. The molecular formula is C19H45Cl3N4O2. The van der Waals surface area contributed by atoms with E-state index in [1.807, 2.05) is 0 Å². The number of hydrogen-bond donors (Lipinski definition) is 4. The van der Waals surface area contributed by atoms with Crippen LogP contribution in [0.4, 0.5) is 4.79 Å². The maximum absolute atomic E-state index is 11.4. The monoisotopic (exact) mass is 466 g/mol. The van der Waals surface area contributed by atoms with Gasteiger partial charge in [-0.2, -0.15) is 0 Å². The van der Waals surface area contributed by atoms with Crippen molar-refractivity contribution in [3.05, 3.63) is 0 Å². The van der Waals surface area contributed by atoms with E-state index in [1.54, 1.807) is 0 Å². The normalized spacial score (nSPS) is 11.1. The fourth-order valence-electron chi connectivity index (χ4n) is 2.88. The van der Waals surface area contributed by atoms with Crippen LogP contribution in [0.1, 0.15) is 79.1 Å². The van der Waals surface area contributed by atoms with Crippen LogP contribution < -0.4 is 16.8 Å². The fraction of sp³-hybridized carbons (Fsp3) is 0.947. The molecule has 0 aliphatic heterocycles. The molecular weight excluding hydrogens is 423 g/mol. The van der Waals surface area contributed by atoms with Gasteiger partial charge in [-0.15, -0.1) is 37.2 Å². The summed E-state index contributed by atoms with van der Waals surface area (Å²) in [6, 6.07) is 0. The number of carbonyl (C=O) groups is 1. The van der Waals surface area contributed by atoms with E-state index in [4.69, 9.17) is 11.5 Å². The molecule has 0 aliphatic rings. The minimum atomic E-state index is -0.846. The average Bonchev–Trinajstić information content (AvgIpc) is 2.62. The zero-order chi connectivity index (χ0) is 19.3. The molecule has 0 radical (unpaired) electrons. The Morgan fingerprint density at radius 1 is 0.821 bits per heavy atom. The van der Waals surface area contributed by atoms with E-state index in [0.717, 1.165) is 64.5 Å². The second-order valence-corrected chi connectivity index (χ2v) is 7.37. The molecule has 0 saturated carbocycles. The summed E-state index contributed by atoms with van der Waals surface area (Å²) in [5.41, 5.74) is 12.2. The Balaban J connectivity index is -0.000000960. The molecule has 9 heteroatoms. The smallest absolute Gasteiger partial charge is 0.407 e. The Morgan fingerprint density at radius 3 is 1.71 bits per heavy atom. The molecule has 0 spiro atoms. The van der Waals surface area contributed by atoms with Crippen LogP contribution in [0.25, 0.3) is 0 Å². The van der Waals surface area contributed by atoms with Gasteiger partial charge in [0.2, 0.25) is 0 Å². The van der Waals surface area contributed by atoms with Gasteiger partial charge >= 0.3 is 6.09 Å². The van der Waals surface area contributed by atoms with Crippen LogP contribution in [-0.4, -0.2) is 53.4 Å². The first-order chi connectivity index (χ1) is 11.8. The number of halogens is 3. The molecule has 0 aromatic heterocycles. The van der Waals surface area contributed by atoms with Crippen LogP contribution in [0.3, 0.4) is 0 Å². The van der Waals surface area contributed by atoms with Gasteiger partial charge in [0.15, 0.2) is 0 Å². The lowest BCUT2D eigenvalue weighted by Gasteiger charge is -2.29. The summed E-state index contributed by atoms with van der Waals surface area (Å²) in [6.45, 7) is 11.3. The molecule has 0 fully saturated rings. The van der Waals surface area contributed by atoms with Gasteiger partial charge < -0.3 is 26.8 Å². The largest absolute Gasteiger partial charge is 0.465 e. The van der Waals surface area contributed by atoms with E-state index in [1.165, 1.54) is 4.90 Å². The van der Waals surface area contributed by atoms with Crippen molar-refractivity contribution in [2.75, 3.05) is 26.2 Å². The number of nitrogens with one attached hydrogen (secondary N) is 1. The number of hydrogen-bond acceptors (Lipinski definition) is 4. The number of nitrogens with two attached hydrogens (primary N) is 2. The summed E-state index contributed by atoms with van der Waals surface area (Å²) in [5, 5.41) is 12.8. The summed E-state index contributed by atoms with van der Waals surface area (Å²) in [6.07, 6.45) is 6.43. The number of nitrogens with zero attached hydrogens (tertiary/aromatic N) is 1. The van der Waals surface area contributed by atoms with Crippen molar-refractivity contribution in [3.8, 4) is 0 Å². The van der Waals surface area contributed by atoms with Gasteiger partial charge in [-0.05, 0) is 64.5 Å². The molecule has 0 atom stereocenters. The Kier molecular flexibility index (Phi) is 24.1. The third kappa shape index (κ3) is 14.9. The molecule has 6 N–H and O–H groups in total. The van der Waals surface area contributed by atoms with Gasteiger partial charge in [0.25, 0.3) is 0 Å². The molecule has 0 aromatic carbocycles. The van der Waals surface area contributed by atoms with Crippen LogP contribution in [-0.2, 0) is 0 Å². The second kappa shape index (κ2) is 19.0. The predicted molar refractivity (Wildman–Crippen MR) is 128 cm³/mol. The van der Waals surface area contributed by atoms with Crippen molar-refractivity contribution >= 4 is 43.3 Å². The van der Waals surface area contributed by atoms with Gasteiger partial charge in [0.1, 0.15) is 0 Å². The Hall–Kier alpha value is 0.0200. The van der Waals surface area contributed by atoms with E-state index in [0.29, 0.717) is 13.1 Å². The fourth-order valence-corrected chi connectivity index (χ4v) is 2.88. The van der Waals surface area contributed by atoms with E-state index in [-0.39, 0.29) is 48.3 Å². The highest BCUT2D eigenvalue weighted by atomic mass is 35.5. The first-order valence-corrected chi connectivity index (χ1v) is 10.0. The van der Waals surface area contributed by atoms with Crippen LogP contribution >= 0.6 is 37.2 Å². The third-order valence-electron chi connectivity index (χ3n) is 5.80. The third-order valence-corrected chi connectivity index (χ3v) is 5.80. The SMILES string of the molecule is CCC(N)(CC)CCNCCCCN(CCC(N)(CC)CC)C(=O)O.Cl.Cl.Cl. The van der Waals surface area contributed by atoms with Crippen molar-refractivity contribution < 1.29 is 9.90 Å². The molecule has 0 aliphatic carbocycles. The first-order valence-electron chi connectivity index (χ1n) is 10.0. The summed E-state index contributed by atoms with van der Waals surface area (Å²) >= 11 is 0. The molecule has 174 valence electrons. The van der Waals surface area contributed by atoms with Gasteiger partial charge in [-0.25, -0.2) is 4.79 Å². The molecule has 0 bridgehead atoms. The van der Waals surface area contributed by atoms with Crippen molar-refractivity contribution in [3.63, 3.8) is 0 Å². The Morgan fingerprint density at radius 2 is 1.29 bits per heavy atom. The molecule has 28 heavy (non-hydrogen) atoms. The highest BCUT2D eigenvalue weighted by molar-refractivity contribution is 5.86. The number of amides is 1. The molecule has 0 unspecified atom stereocenters. The summed E-state index contributed by atoms with van der Waals surface area (Å²) in [7, 11) is 0. The molecule has 0 heterocycles. The summed E-state index contributed by atoms with van der Waals surface area (Å²) < 4.78 is 0. The Labute approximate surface area is 191 Å². The van der Waals surface area contributed by atoms with Crippen molar-refractivity contribution in [2.45, 2.75) is 90.1 Å². The zero-order valence-corrected chi connectivity index (χ0v) is 20.6. The number of rotatable bonds is 15.